The molecule has 1 amide bonds. The number of rotatable bonds is 7. The average Bonchev–Trinajstić information content (AvgIpc) is 2.89. The van der Waals surface area contributed by atoms with E-state index in [1.54, 1.807) is 24.3 Å². The number of carbonyl (C=O) groups is 3. The van der Waals surface area contributed by atoms with Gasteiger partial charge in [0.05, 0.1) is 6.20 Å². The number of nitrogens with zero attached hydrogens (tertiary/aromatic N) is 3. The maximum Gasteiger partial charge on any atom is 0.407 e. The number of hydrogen-bond donors (Lipinski definition) is 2. The van der Waals surface area contributed by atoms with Gasteiger partial charge in [0.1, 0.15) is 15.9 Å². The van der Waals surface area contributed by atoms with Crippen LogP contribution in [0.4, 0.5) is 16.3 Å². The molecule has 1 aliphatic rings. The van der Waals surface area contributed by atoms with Crippen LogP contribution in [0.5, 0.6) is 0 Å². The second-order valence-electron chi connectivity index (χ2n) is 10.5. The first-order chi connectivity index (χ1) is 18.5. The summed E-state index contributed by atoms with van der Waals surface area (Å²) in [6, 6.07) is 14.3. The van der Waals surface area contributed by atoms with Crippen LogP contribution in [-0.2, 0) is 11.2 Å². The largest absolute Gasteiger partial charge is 0.444 e. The molecule has 1 atom stereocenters. The topological polar surface area (TPSA) is 128 Å². The highest BCUT2D eigenvalue weighted by Crippen LogP contribution is 2.28. The molecular formula is C29H32BrN5O4. The summed E-state index contributed by atoms with van der Waals surface area (Å²) in [5, 5.41) is 2.96. The highest BCUT2D eigenvalue weighted by molar-refractivity contribution is 9.10. The zero-order valence-electron chi connectivity index (χ0n) is 22.2. The fourth-order valence-electron chi connectivity index (χ4n) is 4.56. The van der Waals surface area contributed by atoms with Crippen LogP contribution in [0.2, 0.25) is 0 Å². The van der Waals surface area contributed by atoms with Gasteiger partial charge in [-0.1, -0.05) is 30.3 Å². The molecule has 2 heterocycles. The predicted octanol–water partition coefficient (Wildman–Crippen LogP) is 4.97. The first-order valence-electron chi connectivity index (χ1n) is 12.8. The lowest BCUT2D eigenvalue weighted by molar-refractivity contribution is 0.0499. The molecule has 0 spiro atoms. The minimum absolute atomic E-state index is 0.0266. The van der Waals surface area contributed by atoms with E-state index in [9.17, 15) is 14.4 Å². The Morgan fingerprint density at radius 2 is 1.87 bits per heavy atom. The summed E-state index contributed by atoms with van der Waals surface area (Å²) in [5.74, 6) is -0.408. The lowest BCUT2D eigenvalue weighted by Crippen LogP contribution is -2.49. The van der Waals surface area contributed by atoms with Crippen LogP contribution in [0.1, 0.15) is 65.6 Å². The number of nitrogens with two attached hydrogens (primary N) is 1. The second-order valence-corrected chi connectivity index (χ2v) is 11.3. The molecule has 1 saturated heterocycles. The molecule has 2 aromatic carbocycles. The number of aromatic nitrogens is 2. The van der Waals surface area contributed by atoms with Crippen molar-refractivity contribution < 1.29 is 19.1 Å². The zero-order chi connectivity index (χ0) is 28.2. The van der Waals surface area contributed by atoms with E-state index < -0.39 is 11.7 Å². The molecule has 0 saturated carbocycles. The smallest absolute Gasteiger partial charge is 0.407 e. The Hall–Kier alpha value is -3.79. The van der Waals surface area contributed by atoms with Gasteiger partial charge in [-0.25, -0.2) is 14.8 Å². The Kier molecular flexibility index (Phi) is 8.64. The van der Waals surface area contributed by atoms with Crippen molar-refractivity contribution in [1.82, 2.24) is 15.3 Å². The summed E-state index contributed by atoms with van der Waals surface area (Å²) in [6.45, 7) is 6.74. The Morgan fingerprint density at radius 1 is 1.13 bits per heavy atom. The first kappa shape index (κ1) is 28.2. The number of anilines is 2. The number of carbonyl (C=O) groups excluding carboxylic acids is 3. The number of nitrogen functional groups attached to an aromatic ring is 1. The Bertz CT molecular complexity index is 1370. The van der Waals surface area contributed by atoms with E-state index in [2.05, 4.69) is 36.1 Å². The van der Waals surface area contributed by atoms with Gasteiger partial charge in [0.15, 0.2) is 17.4 Å². The van der Waals surface area contributed by atoms with Gasteiger partial charge in [0.2, 0.25) is 0 Å². The number of hydrogen-bond acceptors (Lipinski definition) is 8. The maximum absolute atomic E-state index is 13.3. The quantitative estimate of drug-likeness (QED) is 0.367. The highest BCUT2D eigenvalue weighted by Gasteiger charge is 2.27. The third-order valence-corrected chi connectivity index (χ3v) is 6.63. The Morgan fingerprint density at radius 3 is 2.59 bits per heavy atom. The molecule has 3 N–H and O–H groups in total. The number of amides is 1. The fourth-order valence-corrected chi connectivity index (χ4v) is 4.84. The molecule has 0 bridgehead atoms. The van der Waals surface area contributed by atoms with Crippen molar-refractivity contribution in [3.8, 4) is 0 Å². The predicted molar refractivity (Wildman–Crippen MR) is 153 cm³/mol. The molecule has 3 aromatic rings. The van der Waals surface area contributed by atoms with E-state index in [0.29, 0.717) is 27.8 Å². The zero-order valence-corrected chi connectivity index (χ0v) is 23.8. The van der Waals surface area contributed by atoms with Crippen LogP contribution >= 0.6 is 15.9 Å². The third kappa shape index (κ3) is 7.41. The van der Waals surface area contributed by atoms with Crippen molar-refractivity contribution in [2.75, 3.05) is 23.7 Å². The van der Waals surface area contributed by atoms with Crippen molar-refractivity contribution in [3.05, 3.63) is 81.7 Å². The molecule has 4 rings (SSSR count). The van der Waals surface area contributed by atoms with Crippen LogP contribution in [0.15, 0.2) is 59.3 Å². The third-order valence-electron chi connectivity index (χ3n) is 6.25. The molecule has 39 heavy (non-hydrogen) atoms. The van der Waals surface area contributed by atoms with Crippen molar-refractivity contribution in [2.45, 2.75) is 51.7 Å². The minimum Gasteiger partial charge on any atom is -0.444 e. The number of piperidine rings is 1. The van der Waals surface area contributed by atoms with E-state index >= 15 is 0 Å². The number of nitrogens with one attached hydrogen (secondary N) is 1. The van der Waals surface area contributed by atoms with E-state index in [4.69, 9.17) is 10.5 Å². The van der Waals surface area contributed by atoms with E-state index in [-0.39, 0.29) is 35.5 Å². The molecule has 10 heteroatoms. The number of Topliss-reactive ketones (excluding diaryl/α,β-unsaturated/α-hetero) is 1. The van der Waals surface area contributed by atoms with Crippen LogP contribution in [-0.4, -0.2) is 52.4 Å². The average molecular weight is 595 g/mol. The van der Waals surface area contributed by atoms with Crippen LogP contribution in [0, 0.1) is 0 Å². The van der Waals surface area contributed by atoms with E-state index in [1.165, 1.54) is 6.20 Å². The van der Waals surface area contributed by atoms with Crippen LogP contribution in [0.25, 0.3) is 0 Å². The van der Waals surface area contributed by atoms with Gasteiger partial charge in [0, 0.05) is 42.4 Å². The Balaban J connectivity index is 1.64. The molecule has 9 nitrogen and oxygen atoms in total. The molecule has 0 radical (unpaired) electrons. The van der Waals surface area contributed by atoms with E-state index in [0.717, 1.165) is 25.1 Å². The number of alkyl carbamates (subject to hydrolysis) is 1. The maximum atomic E-state index is 13.3. The second kappa shape index (κ2) is 11.9. The van der Waals surface area contributed by atoms with E-state index in [1.807, 2.05) is 45.0 Å². The summed E-state index contributed by atoms with van der Waals surface area (Å²) < 4.78 is 5.84. The standard InChI is InChI=1S/C29H32BrN5O4/c1-29(2,3)39-28(38)33-21-10-7-13-35(17-21)22-12-11-19(26(37)18-8-5-4-6-9-18)14-20(22)15-23(36)25-27(31)32-16-24(30)34-25/h4-6,8-9,11-12,14,16,21H,7,10,13,15,17H2,1-3H3,(H2,31,32)(H,33,38). The lowest BCUT2D eigenvalue weighted by Gasteiger charge is -2.36. The summed E-state index contributed by atoms with van der Waals surface area (Å²) in [7, 11) is 0. The lowest BCUT2D eigenvalue weighted by atomic mass is 9.95. The van der Waals surface area contributed by atoms with Gasteiger partial charge in [-0.3, -0.25) is 9.59 Å². The molecule has 1 aromatic heterocycles. The first-order valence-corrected chi connectivity index (χ1v) is 13.6. The number of ether oxygens (including phenoxy) is 1. The number of halogens is 1. The summed E-state index contributed by atoms with van der Waals surface area (Å²) in [6.07, 6.45) is 2.59. The van der Waals surface area contributed by atoms with Crippen molar-refractivity contribution in [2.24, 2.45) is 0 Å². The van der Waals surface area contributed by atoms with Gasteiger partial charge in [-0.05, 0) is 73.3 Å². The molecule has 1 aliphatic heterocycles. The molecule has 1 fully saturated rings. The van der Waals surface area contributed by atoms with Gasteiger partial charge >= 0.3 is 6.09 Å². The highest BCUT2D eigenvalue weighted by atomic mass is 79.9. The van der Waals surface area contributed by atoms with Gasteiger partial charge in [-0.2, -0.15) is 0 Å². The molecule has 0 aliphatic carbocycles. The fraction of sp³-hybridized carbons (Fsp3) is 0.345. The number of benzene rings is 2. The van der Waals surface area contributed by atoms with Gasteiger partial charge in [0.25, 0.3) is 0 Å². The normalized spacial score (nSPS) is 15.5. The molecule has 204 valence electrons. The SMILES string of the molecule is CC(C)(C)OC(=O)NC1CCCN(c2ccc(C(=O)c3ccccc3)cc2CC(=O)c2nc(Br)cnc2N)C1. The summed E-state index contributed by atoms with van der Waals surface area (Å²) in [5.41, 5.74) is 7.94. The van der Waals surface area contributed by atoms with Gasteiger partial charge < -0.3 is 20.7 Å². The van der Waals surface area contributed by atoms with Crippen molar-refractivity contribution in [3.63, 3.8) is 0 Å². The summed E-state index contributed by atoms with van der Waals surface area (Å²) >= 11 is 3.25. The van der Waals surface area contributed by atoms with Crippen LogP contribution in [0.3, 0.4) is 0 Å². The monoisotopic (exact) mass is 593 g/mol. The Labute approximate surface area is 236 Å². The van der Waals surface area contributed by atoms with Crippen LogP contribution < -0.4 is 16.0 Å². The van der Waals surface area contributed by atoms with Gasteiger partial charge in [-0.15, -0.1) is 0 Å². The minimum atomic E-state index is -0.593. The van der Waals surface area contributed by atoms with Crippen molar-refractivity contribution >= 4 is 45.1 Å². The number of ketones is 2. The molecule has 1 unspecified atom stereocenters. The summed E-state index contributed by atoms with van der Waals surface area (Å²) in [4.78, 5) is 49.3. The van der Waals surface area contributed by atoms with Crippen molar-refractivity contribution in [1.29, 1.82) is 0 Å². The molecular weight excluding hydrogens is 562 g/mol.